The number of fused-ring (bicyclic) bond motifs is 1. The standard InChI is InChI=1S/C15H20ClFN2/c16-13-4-12(5-14(17)6-13)15(7-18)19-8-10-2-1-3-11(10)9-19/h4-6,10-11,15H,1-3,7-9,18H2. The molecule has 0 aromatic heterocycles. The lowest BCUT2D eigenvalue weighted by atomic mass is 10.0. The SMILES string of the molecule is NCC(c1cc(F)cc(Cl)c1)N1CC2CCCC2C1. The molecule has 2 nitrogen and oxygen atoms in total. The van der Waals surface area contributed by atoms with Gasteiger partial charge in [-0.2, -0.15) is 0 Å². The van der Waals surface area contributed by atoms with Gasteiger partial charge in [-0.3, -0.25) is 4.90 Å². The number of nitrogens with two attached hydrogens (primary N) is 1. The van der Waals surface area contributed by atoms with Crippen LogP contribution in [0.15, 0.2) is 18.2 Å². The van der Waals surface area contributed by atoms with Gasteiger partial charge in [-0.15, -0.1) is 0 Å². The van der Waals surface area contributed by atoms with Crippen molar-refractivity contribution in [1.29, 1.82) is 0 Å². The summed E-state index contributed by atoms with van der Waals surface area (Å²) in [5.74, 6) is 1.36. The second kappa shape index (κ2) is 5.39. The Morgan fingerprint density at radius 1 is 1.26 bits per heavy atom. The van der Waals surface area contributed by atoms with Crippen molar-refractivity contribution in [3.8, 4) is 0 Å². The maximum Gasteiger partial charge on any atom is 0.125 e. The van der Waals surface area contributed by atoms with Crippen molar-refractivity contribution >= 4 is 11.6 Å². The highest BCUT2D eigenvalue weighted by atomic mass is 35.5. The molecule has 2 N–H and O–H groups in total. The molecule has 0 spiro atoms. The summed E-state index contributed by atoms with van der Waals surface area (Å²) < 4.78 is 13.5. The van der Waals surface area contributed by atoms with E-state index in [1.165, 1.54) is 25.3 Å². The van der Waals surface area contributed by atoms with Gasteiger partial charge in [0.2, 0.25) is 0 Å². The van der Waals surface area contributed by atoms with Crippen molar-refractivity contribution in [2.45, 2.75) is 25.3 Å². The van der Waals surface area contributed by atoms with E-state index in [1.807, 2.05) is 6.07 Å². The Labute approximate surface area is 118 Å². The Bertz CT molecular complexity index is 433. The number of benzene rings is 1. The van der Waals surface area contributed by atoms with E-state index in [1.54, 1.807) is 6.07 Å². The minimum Gasteiger partial charge on any atom is -0.329 e. The molecule has 3 unspecified atom stereocenters. The maximum atomic E-state index is 13.5. The first kappa shape index (κ1) is 13.3. The summed E-state index contributed by atoms with van der Waals surface area (Å²) >= 11 is 5.95. The first-order valence-corrected chi connectivity index (χ1v) is 7.45. The van der Waals surface area contributed by atoms with Crippen molar-refractivity contribution in [3.05, 3.63) is 34.6 Å². The zero-order chi connectivity index (χ0) is 13.4. The van der Waals surface area contributed by atoms with Crippen LogP contribution < -0.4 is 5.73 Å². The summed E-state index contributed by atoms with van der Waals surface area (Å²) in [6, 6.07) is 4.85. The molecule has 4 heteroatoms. The maximum absolute atomic E-state index is 13.5. The normalized spacial score (nSPS) is 28.6. The van der Waals surface area contributed by atoms with Gasteiger partial charge in [0, 0.05) is 30.7 Å². The van der Waals surface area contributed by atoms with Crippen LogP contribution in [0.1, 0.15) is 30.9 Å². The third-order valence-electron chi connectivity index (χ3n) is 4.69. The highest BCUT2D eigenvalue weighted by molar-refractivity contribution is 6.30. The molecule has 3 atom stereocenters. The van der Waals surface area contributed by atoms with Gasteiger partial charge < -0.3 is 5.73 Å². The summed E-state index contributed by atoms with van der Waals surface area (Å²) in [6.45, 7) is 2.71. The number of halogens is 2. The van der Waals surface area contributed by atoms with Crippen LogP contribution in [0.25, 0.3) is 0 Å². The molecule has 1 heterocycles. The van der Waals surface area contributed by atoms with Crippen molar-refractivity contribution < 1.29 is 4.39 Å². The van der Waals surface area contributed by atoms with Crippen LogP contribution in [0, 0.1) is 17.7 Å². The van der Waals surface area contributed by atoms with Gasteiger partial charge in [-0.1, -0.05) is 18.0 Å². The Hall–Kier alpha value is -0.640. The molecular formula is C15H20ClFN2. The van der Waals surface area contributed by atoms with Gasteiger partial charge in [-0.05, 0) is 48.4 Å². The van der Waals surface area contributed by atoms with Gasteiger partial charge in [-0.25, -0.2) is 4.39 Å². The van der Waals surface area contributed by atoms with Crippen molar-refractivity contribution in [2.75, 3.05) is 19.6 Å². The van der Waals surface area contributed by atoms with E-state index in [-0.39, 0.29) is 11.9 Å². The number of hydrogen-bond donors (Lipinski definition) is 1. The van der Waals surface area contributed by atoms with Crippen molar-refractivity contribution in [1.82, 2.24) is 4.90 Å². The van der Waals surface area contributed by atoms with Gasteiger partial charge in [0.25, 0.3) is 0 Å². The smallest absolute Gasteiger partial charge is 0.125 e. The molecule has 1 aliphatic heterocycles. The van der Waals surface area contributed by atoms with Gasteiger partial charge >= 0.3 is 0 Å². The average molecular weight is 283 g/mol. The zero-order valence-corrected chi connectivity index (χ0v) is 11.7. The van der Waals surface area contributed by atoms with Crippen LogP contribution in [0.3, 0.4) is 0 Å². The molecule has 1 saturated heterocycles. The summed E-state index contributed by atoms with van der Waals surface area (Å²) in [7, 11) is 0. The highest BCUT2D eigenvalue weighted by Gasteiger charge is 2.38. The number of nitrogens with zero attached hydrogens (tertiary/aromatic N) is 1. The topological polar surface area (TPSA) is 29.3 Å². The lowest BCUT2D eigenvalue weighted by molar-refractivity contribution is 0.231. The zero-order valence-electron chi connectivity index (χ0n) is 11.0. The fourth-order valence-electron chi connectivity index (χ4n) is 3.79. The van der Waals surface area contributed by atoms with Gasteiger partial charge in [0.15, 0.2) is 0 Å². The van der Waals surface area contributed by atoms with Crippen LogP contribution >= 0.6 is 11.6 Å². The number of hydrogen-bond acceptors (Lipinski definition) is 2. The second-order valence-corrected chi connectivity index (χ2v) is 6.30. The molecule has 2 fully saturated rings. The van der Waals surface area contributed by atoms with E-state index in [9.17, 15) is 4.39 Å². The highest BCUT2D eigenvalue weighted by Crippen LogP contribution is 2.40. The van der Waals surface area contributed by atoms with Crippen LogP contribution in [-0.4, -0.2) is 24.5 Å². The molecule has 2 aliphatic rings. The molecule has 1 aromatic carbocycles. The third-order valence-corrected chi connectivity index (χ3v) is 4.91. The molecule has 3 rings (SSSR count). The number of rotatable bonds is 3. The third kappa shape index (κ3) is 2.64. The van der Waals surface area contributed by atoms with E-state index in [4.69, 9.17) is 17.3 Å². The molecule has 1 saturated carbocycles. The predicted molar refractivity (Wildman–Crippen MR) is 75.6 cm³/mol. The molecule has 0 radical (unpaired) electrons. The second-order valence-electron chi connectivity index (χ2n) is 5.86. The summed E-state index contributed by atoms with van der Waals surface area (Å²) in [4.78, 5) is 2.42. The Morgan fingerprint density at radius 2 is 1.95 bits per heavy atom. The Morgan fingerprint density at radius 3 is 2.53 bits per heavy atom. The number of likely N-dealkylation sites (tertiary alicyclic amines) is 1. The Balaban J connectivity index is 1.80. The first-order chi connectivity index (χ1) is 9.17. The van der Waals surface area contributed by atoms with Crippen molar-refractivity contribution in [3.63, 3.8) is 0 Å². The van der Waals surface area contributed by atoms with Crippen LogP contribution in [0.2, 0.25) is 5.02 Å². The molecular weight excluding hydrogens is 263 g/mol. The fourth-order valence-corrected chi connectivity index (χ4v) is 4.02. The minimum absolute atomic E-state index is 0.0961. The largest absolute Gasteiger partial charge is 0.329 e. The summed E-state index contributed by atoms with van der Waals surface area (Å²) in [5.41, 5.74) is 6.84. The van der Waals surface area contributed by atoms with E-state index >= 15 is 0 Å². The van der Waals surface area contributed by atoms with E-state index in [2.05, 4.69) is 4.90 Å². The average Bonchev–Trinajstić information content (AvgIpc) is 2.89. The first-order valence-electron chi connectivity index (χ1n) is 7.07. The lowest BCUT2D eigenvalue weighted by Gasteiger charge is -2.28. The van der Waals surface area contributed by atoms with Gasteiger partial charge in [0.05, 0.1) is 0 Å². The molecule has 1 aromatic rings. The Kier molecular flexibility index (Phi) is 3.79. The monoisotopic (exact) mass is 282 g/mol. The molecule has 19 heavy (non-hydrogen) atoms. The molecule has 0 bridgehead atoms. The predicted octanol–water partition coefficient (Wildman–Crippen LogP) is 3.21. The summed E-state index contributed by atoms with van der Waals surface area (Å²) in [6.07, 6.45) is 4.03. The van der Waals surface area contributed by atoms with Crippen LogP contribution in [0.5, 0.6) is 0 Å². The minimum atomic E-state index is -0.277. The van der Waals surface area contributed by atoms with Crippen molar-refractivity contribution in [2.24, 2.45) is 17.6 Å². The molecule has 104 valence electrons. The van der Waals surface area contributed by atoms with Crippen LogP contribution in [-0.2, 0) is 0 Å². The van der Waals surface area contributed by atoms with E-state index in [0.717, 1.165) is 30.5 Å². The lowest BCUT2D eigenvalue weighted by Crippen LogP contribution is -2.32. The van der Waals surface area contributed by atoms with E-state index in [0.29, 0.717) is 11.6 Å². The fraction of sp³-hybridized carbons (Fsp3) is 0.600. The van der Waals surface area contributed by atoms with E-state index < -0.39 is 0 Å². The van der Waals surface area contributed by atoms with Crippen LogP contribution in [0.4, 0.5) is 4.39 Å². The molecule has 1 aliphatic carbocycles. The molecule has 0 amide bonds. The van der Waals surface area contributed by atoms with Gasteiger partial charge in [0.1, 0.15) is 5.82 Å². The summed E-state index contributed by atoms with van der Waals surface area (Å²) in [5, 5.41) is 0.452. The quantitative estimate of drug-likeness (QED) is 0.922.